The van der Waals surface area contributed by atoms with Crippen molar-refractivity contribution in [3.63, 3.8) is 0 Å². The van der Waals surface area contributed by atoms with Crippen LogP contribution in [-0.2, 0) is 14.2 Å². The summed E-state index contributed by atoms with van der Waals surface area (Å²) in [6.07, 6.45) is 4.59. The average Bonchev–Trinajstić information content (AvgIpc) is 2.31. The Hall–Kier alpha value is 0.130. The van der Waals surface area contributed by atoms with Crippen molar-refractivity contribution < 1.29 is 14.2 Å². The minimum Gasteiger partial charge on any atom is -0.379 e. The minimum absolute atomic E-state index is 0.252. The predicted octanol–water partition coefficient (Wildman–Crippen LogP) is 1.75. The first-order valence-corrected chi connectivity index (χ1v) is 6.44. The van der Waals surface area contributed by atoms with Gasteiger partial charge in [-0.3, -0.25) is 0 Å². The van der Waals surface area contributed by atoms with Crippen LogP contribution in [0.1, 0.15) is 25.7 Å². The van der Waals surface area contributed by atoms with E-state index in [-0.39, 0.29) is 6.73 Å². The Bertz CT molecular complexity index is 114. The van der Waals surface area contributed by atoms with Gasteiger partial charge in [-0.2, -0.15) is 0 Å². The van der Waals surface area contributed by atoms with Gasteiger partial charge in [-0.15, -0.1) is 11.6 Å². The molecule has 0 aliphatic heterocycles. The molecule has 16 heavy (non-hydrogen) atoms. The maximum Gasteiger partial charge on any atom is 0.0941 e. The number of hydrogen-bond acceptors (Lipinski definition) is 4. The van der Waals surface area contributed by atoms with Crippen molar-refractivity contribution in [1.29, 1.82) is 0 Å². The van der Waals surface area contributed by atoms with Crippen molar-refractivity contribution in [2.24, 2.45) is 5.73 Å². The monoisotopic (exact) mass is 253 g/mol. The maximum atomic E-state index is 5.57. The lowest BCUT2D eigenvalue weighted by atomic mass is 10.2. The molecule has 0 fully saturated rings. The van der Waals surface area contributed by atoms with Crippen LogP contribution in [0.25, 0.3) is 0 Å². The number of hydrogen-bond donors (Lipinski definition) is 1. The number of rotatable bonds is 13. The van der Waals surface area contributed by atoms with Crippen LogP contribution < -0.4 is 5.73 Å². The fraction of sp³-hybridized carbons (Fsp3) is 1.00. The largest absolute Gasteiger partial charge is 0.379 e. The molecule has 0 aliphatic carbocycles. The molecule has 98 valence electrons. The van der Waals surface area contributed by atoms with Gasteiger partial charge < -0.3 is 19.9 Å². The molecule has 0 radical (unpaired) electrons. The highest BCUT2D eigenvalue weighted by Crippen LogP contribution is 2.00. The molecule has 0 heterocycles. The summed E-state index contributed by atoms with van der Waals surface area (Å²) in [6.45, 7) is 3.46. The van der Waals surface area contributed by atoms with Gasteiger partial charge in [0, 0.05) is 12.5 Å². The van der Waals surface area contributed by atoms with Crippen LogP contribution in [0.3, 0.4) is 0 Å². The van der Waals surface area contributed by atoms with E-state index in [1.807, 2.05) is 0 Å². The molecular weight excluding hydrogens is 230 g/mol. The Morgan fingerprint density at radius 1 is 0.688 bits per heavy atom. The second kappa shape index (κ2) is 15.1. The van der Waals surface area contributed by atoms with Gasteiger partial charge in [0.05, 0.1) is 33.2 Å². The number of halogens is 1. The van der Waals surface area contributed by atoms with Gasteiger partial charge in [-0.1, -0.05) is 12.8 Å². The molecule has 0 atom stereocenters. The third kappa shape index (κ3) is 14.1. The first-order chi connectivity index (χ1) is 7.91. The van der Waals surface area contributed by atoms with Crippen molar-refractivity contribution in [3.8, 4) is 0 Å². The van der Waals surface area contributed by atoms with E-state index in [9.17, 15) is 0 Å². The quantitative estimate of drug-likeness (QED) is 0.309. The average molecular weight is 254 g/mol. The maximum absolute atomic E-state index is 5.57. The van der Waals surface area contributed by atoms with Crippen LogP contribution in [-0.4, -0.2) is 45.6 Å². The summed E-state index contributed by atoms with van der Waals surface area (Å²) < 4.78 is 15.6. The van der Waals surface area contributed by atoms with E-state index in [0.29, 0.717) is 26.4 Å². The lowest BCUT2D eigenvalue weighted by Crippen LogP contribution is -2.12. The van der Waals surface area contributed by atoms with Crippen LogP contribution in [0.15, 0.2) is 0 Å². The van der Waals surface area contributed by atoms with Gasteiger partial charge >= 0.3 is 0 Å². The molecule has 0 aromatic rings. The minimum atomic E-state index is 0.252. The van der Waals surface area contributed by atoms with E-state index >= 15 is 0 Å². The molecule has 0 amide bonds. The summed E-state index contributed by atoms with van der Waals surface area (Å²) in [7, 11) is 0. The summed E-state index contributed by atoms with van der Waals surface area (Å²) in [6, 6.07) is 0. The molecule has 0 aliphatic rings. The fourth-order valence-electron chi connectivity index (χ4n) is 1.18. The molecule has 0 saturated heterocycles. The molecule has 0 aromatic heterocycles. The molecule has 0 saturated carbocycles. The number of nitrogens with two attached hydrogens (primary N) is 1. The van der Waals surface area contributed by atoms with E-state index < -0.39 is 0 Å². The van der Waals surface area contributed by atoms with E-state index in [1.165, 1.54) is 12.8 Å². The van der Waals surface area contributed by atoms with Crippen LogP contribution in [0, 0.1) is 0 Å². The Balaban J connectivity index is 2.83. The molecule has 0 spiro atoms. The van der Waals surface area contributed by atoms with Crippen molar-refractivity contribution >= 4 is 11.6 Å². The molecule has 0 bridgehead atoms. The van der Waals surface area contributed by atoms with Gasteiger partial charge in [0.15, 0.2) is 0 Å². The zero-order chi connectivity index (χ0) is 11.9. The van der Waals surface area contributed by atoms with Crippen LogP contribution in [0.5, 0.6) is 0 Å². The zero-order valence-corrected chi connectivity index (χ0v) is 10.7. The summed E-state index contributed by atoms with van der Waals surface area (Å²) >= 11 is 5.57. The zero-order valence-electron chi connectivity index (χ0n) is 9.96. The highest BCUT2D eigenvalue weighted by molar-refractivity contribution is 6.17. The van der Waals surface area contributed by atoms with Crippen LogP contribution >= 0.6 is 11.6 Å². The van der Waals surface area contributed by atoms with Crippen LogP contribution in [0.4, 0.5) is 0 Å². The van der Waals surface area contributed by atoms with E-state index in [2.05, 4.69) is 0 Å². The van der Waals surface area contributed by atoms with Crippen molar-refractivity contribution in [3.05, 3.63) is 0 Å². The van der Waals surface area contributed by atoms with Gasteiger partial charge in [0.1, 0.15) is 0 Å². The highest BCUT2D eigenvalue weighted by Gasteiger charge is 1.92. The number of alkyl halides is 1. The molecule has 5 heteroatoms. The Morgan fingerprint density at radius 3 is 1.88 bits per heavy atom. The summed E-state index contributed by atoms with van der Waals surface area (Å²) in [5, 5.41) is 0. The van der Waals surface area contributed by atoms with Gasteiger partial charge in [0.25, 0.3) is 0 Å². The van der Waals surface area contributed by atoms with Crippen molar-refractivity contribution in [2.75, 3.05) is 45.6 Å². The summed E-state index contributed by atoms with van der Waals surface area (Å²) in [5.41, 5.74) is 5.15. The molecule has 2 N–H and O–H groups in total. The topological polar surface area (TPSA) is 53.7 Å². The van der Waals surface area contributed by atoms with E-state index in [0.717, 1.165) is 25.3 Å². The predicted molar refractivity (Wildman–Crippen MR) is 65.8 cm³/mol. The Kier molecular flexibility index (Phi) is 15.3. The second-order valence-electron chi connectivity index (χ2n) is 3.40. The molecule has 0 unspecified atom stereocenters. The second-order valence-corrected chi connectivity index (χ2v) is 3.78. The van der Waals surface area contributed by atoms with E-state index in [1.54, 1.807) is 0 Å². The fourth-order valence-corrected chi connectivity index (χ4v) is 1.36. The number of unbranched alkanes of at least 4 members (excludes halogenated alkanes) is 3. The smallest absolute Gasteiger partial charge is 0.0941 e. The van der Waals surface area contributed by atoms with E-state index in [4.69, 9.17) is 31.5 Å². The lowest BCUT2D eigenvalue weighted by molar-refractivity contribution is 0.0150. The lowest BCUT2D eigenvalue weighted by Gasteiger charge is -2.05. The van der Waals surface area contributed by atoms with Crippen molar-refractivity contribution in [2.45, 2.75) is 25.7 Å². The SMILES string of the molecule is NCOCCOCCOCCCCCCCl. The third-order valence-corrected chi connectivity index (χ3v) is 2.30. The normalized spacial score (nSPS) is 10.9. The first-order valence-electron chi connectivity index (χ1n) is 5.91. The highest BCUT2D eigenvalue weighted by atomic mass is 35.5. The molecular formula is C11H24ClNO3. The first kappa shape index (κ1) is 16.1. The van der Waals surface area contributed by atoms with Crippen LogP contribution in [0.2, 0.25) is 0 Å². The molecule has 0 aromatic carbocycles. The molecule has 4 nitrogen and oxygen atoms in total. The molecule has 0 rings (SSSR count). The number of ether oxygens (including phenoxy) is 3. The summed E-state index contributed by atoms with van der Waals surface area (Å²) in [4.78, 5) is 0. The Morgan fingerprint density at radius 2 is 1.25 bits per heavy atom. The van der Waals surface area contributed by atoms with Gasteiger partial charge in [-0.25, -0.2) is 0 Å². The summed E-state index contributed by atoms with van der Waals surface area (Å²) in [5.74, 6) is 0.763. The third-order valence-electron chi connectivity index (χ3n) is 2.03. The standard InChI is InChI=1S/C11H24ClNO3/c12-5-3-1-2-4-6-14-7-8-15-9-10-16-11-13/h1-11,13H2. The van der Waals surface area contributed by atoms with Crippen molar-refractivity contribution in [1.82, 2.24) is 0 Å². The Labute approximate surface area is 103 Å². The van der Waals surface area contributed by atoms with Gasteiger partial charge in [0.2, 0.25) is 0 Å². The van der Waals surface area contributed by atoms with Gasteiger partial charge in [-0.05, 0) is 12.8 Å².